The number of nitrogens with zero attached hydrogens (tertiary/aromatic N) is 2. The zero-order valence-electron chi connectivity index (χ0n) is 15.1. The van der Waals surface area contributed by atoms with Gasteiger partial charge >= 0.3 is 0 Å². The molecule has 0 saturated heterocycles. The number of benzene rings is 2. The van der Waals surface area contributed by atoms with E-state index in [-0.39, 0.29) is 21.4 Å². The number of aromatic nitrogens is 2. The molecule has 3 aromatic rings. The van der Waals surface area contributed by atoms with Crippen LogP contribution in [-0.2, 0) is 17.1 Å². The molecule has 0 aliphatic heterocycles. The molecular weight excluding hydrogens is 461 g/mol. The van der Waals surface area contributed by atoms with Crippen LogP contribution >= 0.6 is 34.8 Å². The van der Waals surface area contributed by atoms with Gasteiger partial charge in [-0.1, -0.05) is 40.9 Å². The summed E-state index contributed by atoms with van der Waals surface area (Å²) in [6.45, 7) is 0. The molecule has 0 saturated carbocycles. The van der Waals surface area contributed by atoms with Crippen LogP contribution in [-0.4, -0.2) is 31.0 Å². The summed E-state index contributed by atoms with van der Waals surface area (Å²) in [5.41, 5.74) is 0.289. The van der Waals surface area contributed by atoms with E-state index in [1.165, 1.54) is 36.1 Å². The van der Waals surface area contributed by atoms with Gasteiger partial charge in [0.05, 0.1) is 27.7 Å². The van der Waals surface area contributed by atoms with E-state index in [0.29, 0.717) is 21.4 Å². The predicted octanol–water partition coefficient (Wildman–Crippen LogP) is 4.17. The lowest BCUT2D eigenvalue weighted by molar-refractivity contribution is 0.0977. The summed E-state index contributed by atoms with van der Waals surface area (Å²) in [6, 6.07) is 9.01. The van der Waals surface area contributed by atoms with E-state index in [1.54, 1.807) is 25.2 Å². The quantitative estimate of drug-likeness (QED) is 0.599. The Balaban J connectivity index is 1.95. The number of rotatable bonds is 5. The van der Waals surface area contributed by atoms with Gasteiger partial charge in [0.25, 0.3) is 15.9 Å². The topological polar surface area (TPSA) is 90.3 Å². The summed E-state index contributed by atoms with van der Waals surface area (Å²) >= 11 is 18.4. The number of hydrogen-bond donors (Lipinski definition) is 1. The standard InChI is InChI=1S/C18H14Cl3N3O4S/c1-24-9-14(22-17(24)16-12(20)4-3-5-13(16)21)18(25)23-29(26,27)15-8-10(28-2)6-7-11(15)19/h3-9H,1-2H3,(H,23,25). The van der Waals surface area contributed by atoms with Crippen LogP contribution < -0.4 is 9.46 Å². The summed E-state index contributed by atoms with van der Waals surface area (Å²) in [7, 11) is -1.25. The molecule has 0 aliphatic rings. The molecular formula is C18H14Cl3N3O4S. The Bertz CT molecular complexity index is 1190. The van der Waals surface area contributed by atoms with E-state index < -0.39 is 15.9 Å². The molecule has 0 fully saturated rings. The fraction of sp³-hybridized carbons (Fsp3) is 0.111. The highest BCUT2D eigenvalue weighted by molar-refractivity contribution is 7.90. The first kappa shape index (κ1) is 21.4. The second-order valence-electron chi connectivity index (χ2n) is 5.89. The van der Waals surface area contributed by atoms with Gasteiger partial charge in [0.1, 0.15) is 22.2 Å². The summed E-state index contributed by atoms with van der Waals surface area (Å²) < 4.78 is 33.7. The first-order valence-electron chi connectivity index (χ1n) is 8.02. The normalized spacial score (nSPS) is 11.3. The van der Waals surface area contributed by atoms with Gasteiger partial charge in [0.2, 0.25) is 0 Å². The molecule has 2 aromatic carbocycles. The van der Waals surface area contributed by atoms with Gasteiger partial charge in [-0.15, -0.1) is 0 Å². The zero-order chi connectivity index (χ0) is 21.3. The second-order valence-corrected chi connectivity index (χ2v) is 8.76. The second kappa shape index (κ2) is 8.23. The van der Waals surface area contributed by atoms with Crippen molar-refractivity contribution in [2.75, 3.05) is 7.11 Å². The van der Waals surface area contributed by atoms with Crippen LogP contribution in [0.15, 0.2) is 47.5 Å². The van der Waals surface area contributed by atoms with Gasteiger partial charge in [0, 0.05) is 19.3 Å². The van der Waals surface area contributed by atoms with E-state index >= 15 is 0 Å². The van der Waals surface area contributed by atoms with Crippen LogP contribution in [0.5, 0.6) is 5.75 Å². The molecule has 0 aliphatic carbocycles. The van der Waals surface area contributed by atoms with Crippen LogP contribution in [0, 0.1) is 0 Å². The third-order valence-corrected chi connectivity index (χ3v) is 6.39. The minimum absolute atomic E-state index is 0.0596. The monoisotopic (exact) mass is 473 g/mol. The molecule has 1 heterocycles. The zero-order valence-corrected chi connectivity index (χ0v) is 18.2. The van der Waals surface area contributed by atoms with Crippen molar-refractivity contribution in [2.24, 2.45) is 7.05 Å². The minimum atomic E-state index is -4.27. The Morgan fingerprint density at radius 1 is 1.10 bits per heavy atom. The molecule has 0 unspecified atom stereocenters. The molecule has 7 nitrogen and oxygen atoms in total. The number of ether oxygens (including phenoxy) is 1. The van der Waals surface area contributed by atoms with Gasteiger partial charge in [-0.25, -0.2) is 18.1 Å². The molecule has 3 rings (SSSR count). The fourth-order valence-corrected chi connectivity index (χ4v) is 4.61. The molecule has 0 spiro atoms. The van der Waals surface area contributed by atoms with Crippen molar-refractivity contribution in [3.63, 3.8) is 0 Å². The van der Waals surface area contributed by atoms with Gasteiger partial charge in [-0.05, 0) is 24.3 Å². The van der Waals surface area contributed by atoms with Crippen LogP contribution in [0.2, 0.25) is 15.1 Å². The molecule has 0 bridgehead atoms. The lowest BCUT2D eigenvalue weighted by Gasteiger charge is -2.09. The lowest BCUT2D eigenvalue weighted by atomic mass is 10.2. The van der Waals surface area contributed by atoms with E-state index in [9.17, 15) is 13.2 Å². The minimum Gasteiger partial charge on any atom is -0.497 e. The molecule has 1 amide bonds. The number of halogens is 3. The number of amides is 1. The highest BCUT2D eigenvalue weighted by Crippen LogP contribution is 2.33. The lowest BCUT2D eigenvalue weighted by Crippen LogP contribution is -2.31. The average molecular weight is 475 g/mol. The molecule has 0 atom stereocenters. The van der Waals surface area contributed by atoms with Crippen LogP contribution in [0.1, 0.15) is 10.5 Å². The van der Waals surface area contributed by atoms with E-state index in [0.717, 1.165) is 0 Å². The predicted molar refractivity (Wildman–Crippen MR) is 111 cm³/mol. The Labute approximate surface area is 182 Å². The Morgan fingerprint density at radius 3 is 2.38 bits per heavy atom. The maximum Gasteiger partial charge on any atom is 0.285 e. The number of carbonyl (C=O) groups is 1. The van der Waals surface area contributed by atoms with Crippen molar-refractivity contribution >= 4 is 50.7 Å². The molecule has 11 heteroatoms. The highest BCUT2D eigenvalue weighted by Gasteiger charge is 2.25. The smallest absolute Gasteiger partial charge is 0.285 e. The average Bonchev–Trinajstić information content (AvgIpc) is 3.03. The third kappa shape index (κ3) is 4.35. The summed E-state index contributed by atoms with van der Waals surface area (Å²) in [5.74, 6) is -0.354. The molecule has 1 aromatic heterocycles. The van der Waals surface area contributed by atoms with E-state index in [2.05, 4.69) is 4.98 Å². The van der Waals surface area contributed by atoms with Crippen molar-refractivity contribution in [2.45, 2.75) is 4.90 Å². The summed E-state index contributed by atoms with van der Waals surface area (Å²) in [5, 5.41) is 0.624. The van der Waals surface area contributed by atoms with E-state index in [4.69, 9.17) is 39.5 Å². The fourth-order valence-electron chi connectivity index (χ4n) is 2.57. The first-order chi connectivity index (χ1) is 13.6. The summed E-state index contributed by atoms with van der Waals surface area (Å²) in [6.07, 6.45) is 1.37. The van der Waals surface area contributed by atoms with Crippen molar-refractivity contribution in [3.8, 4) is 17.1 Å². The summed E-state index contributed by atoms with van der Waals surface area (Å²) in [4.78, 5) is 16.5. The molecule has 152 valence electrons. The van der Waals surface area contributed by atoms with Gasteiger partial charge in [-0.3, -0.25) is 4.79 Å². The highest BCUT2D eigenvalue weighted by atomic mass is 35.5. The van der Waals surface area contributed by atoms with Crippen molar-refractivity contribution in [3.05, 3.63) is 63.4 Å². The maximum absolute atomic E-state index is 12.6. The largest absolute Gasteiger partial charge is 0.497 e. The van der Waals surface area contributed by atoms with Gasteiger partial charge in [-0.2, -0.15) is 0 Å². The van der Waals surface area contributed by atoms with Crippen molar-refractivity contribution < 1.29 is 17.9 Å². The van der Waals surface area contributed by atoms with Crippen LogP contribution in [0.25, 0.3) is 11.4 Å². The SMILES string of the molecule is COc1ccc(Cl)c(S(=O)(=O)NC(=O)c2cn(C)c(-c3c(Cl)cccc3Cl)n2)c1. The van der Waals surface area contributed by atoms with Crippen LogP contribution in [0.4, 0.5) is 0 Å². The Hall–Kier alpha value is -2.26. The maximum atomic E-state index is 12.6. The Morgan fingerprint density at radius 2 is 1.76 bits per heavy atom. The number of hydrogen-bond acceptors (Lipinski definition) is 5. The van der Waals surface area contributed by atoms with Gasteiger partial charge in [0.15, 0.2) is 0 Å². The molecule has 1 N–H and O–H groups in total. The molecule has 29 heavy (non-hydrogen) atoms. The van der Waals surface area contributed by atoms with Crippen molar-refractivity contribution in [1.82, 2.24) is 14.3 Å². The Kier molecular flexibility index (Phi) is 6.09. The number of aryl methyl sites for hydroxylation is 1. The van der Waals surface area contributed by atoms with Crippen LogP contribution in [0.3, 0.4) is 0 Å². The number of carbonyl (C=O) groups excluding carboxylic acids is 1. The van der Waals surface area contributed by atoms with Crippen molar-refractivity contribution in [1.29, 1.82) is 0 Å². The number of imidazole rings is 1. The van der Waals surface area contributed by atoms with E-state index in [1.807, 2.05) is 4.72 Å². The number of nitrogens with one attached hydrogen (secondary N) is 1. The third-order valence-electron chi connectivity index (χ3n) is 3.95. The number of methoxy groups -OCH3 is 1. The molecule has 0 radical (unpaired) electrons. The first-order valence-corrected chi connectivity index (χ1v) is 10.6. The number of sulfonamides is 1. The van der Waals surface area contributed by atoms with Gasteiger partial charge < -0.3 is 9.30 Å².